The van der Waals surface area contributed by atoms with Crippen molar-refractivity contribution < 1.29 is 13.2 Å². The minimum absolute atomic E-state index is 0.0673. The Morgan fingerprint density at radius 2 is 2.00 bits per heavy atom. The highest BCUT2D eigenvalue weighted by Crippen LogP contribution is 2.37. The van der Waals surface area contributed by atoms with Crippen LogP contribution in [-0.2, 0) is 6.18 Å². The molecule has 3 nitrogen and oxygen atoms in total. The number of hydrogen-bond acceptors (Lipinski definition) is 3. The fourth-order valence-electron chi connectivity index (χ4n) is 1.98. The molecule has 0 fully saturated rings. The highest BCUT2D eigenvalue weighted by molar-refractivity contribution is 7.15. The molecule has 2 N–H and O–H groups in total. The van der Waals surface area contributed by atoms with E-state index in [0.717, 1.165) is 17.7 Å². The van der Waals surface area contributed by atoms with E-state index in [1.165, 1.54) is 11.3 Å². The van der Waals surface area contributed by atoms with Crippen LogP contribution in [0.4, 0.5) is 24.8 Å². The van der Waals surface area contributed by atoms with Gasteiger partial charge in [0.25, 0.3) is 0 Å². The molecule has 0 saturated heterocycles. The topological polar surface area (TPSA) is 40.7 Å². The van der Waals surface area contributed by atoms with E-state index in [-0.39, 0.29) is 22.0 Å². The number of benzene rings is 1. The normalized spacial score (nSPS) is 12.1. The average molecular weight is 366 g/mol. The first-order valence-electron chi connectivity index (χ1n) is 6.03. The lowest BCUT2D eigenvalue weighted by atomic mass is 10.2. The summed E-state index contributed by atoms with van der Waals surface area (Å²) >= 11 is 13.3. The van der Waals surface area contributed by atoms with Gasteiger partial charge in [0.15, 0.2) is 0 Å². The molecule has 3 rings (SSSR count). The van der Waals surface area contributed by atoms with E-state index < -0.39 is 11.7 Å². The second-order valence-corrected chi connectivity index (χ2v) is 6.52. The molecule has 3 aromatic rings. The number of hydrogen-bond donors (Lipinski definition) is 2. The van der Waals surface area contributed by atoms with E-state index in [0.29, 0.717) is 10.0 Å². The molecule has 0 amide bonds. The number of imidazole rings is 1. The zero-order chi connectivity index (χ0) is 16.1. The molecule has 9 heteroatoms. The van der Waals surface area contributed by atoms with Gasteiger partial charge in [-0.25, -0.2) is 4.98 Å². The van der Waals surface area contributed by atoms with Crippen LogP contribution in [0.2, 0.25) is 9.36 Å². The van der Waals surface area contributed by atoms with Crippen LogP contribution in [-0.4, -0.2) is 9.97 Å². The SMILES string of the molecule is Cc1csc(Cl)c1Nc1nc2c(Cl)cc(C(F)(F)F)cc2[nH]1. The van der Waals surface area contributed by atoms with Gasteiger partial charge >= 0.3 is 6.18 Å². The van der Waals surface area contributed by atoms with Crippen LogP contribution < -0.4 is 5.32 Å². The van der Waals surface area contributed by atoms with E-state index in [1.54, 1.807) is 0 Å². The van der Waals surface area contributed by atoms with Crippen molar-refractivity contribution in [2.24, 2.45) is 0 Å². The van der Waals surface area contributed by atoms with Crippen molar-refractivity contribution in [3.05, 3.63) is 38.0 Å². The number of aromatic nitrogens is 2. The molecule has 0 spiro atoms. The summed E-state index contributed by atoms with van der Waals surface area (Å²) in [7, 11) is 0. The van der Waals surface area contributed by atoms with Crippen LogP contribution in [0.1, 0.15) is 11.1 Å². The molecule has 1 aromatic carbocycles. The molecule has 0 atom stereocenters. The van der Waals surface area contributed by atoms with E-state index in [9.17, 15) is 13.2 Å². The summed E-state index contributed by atoms with van der Waals surface area (Å²) in [5.41, 5.74) is 1.22. The third-order valence-corrected chi connectivity index (χ3v) is 4.67. The van der Waals surface area contributed by atoms with Crippen LogP contribution in [0.3, 0.4) is 0 Å². The van der Waals surface area contributed by atoms with Gasteiger partial charge in [-0.3, -0.25) is 0 Å². The van der Waals surface area contributed by atoms with Gasteiger partial charge in [-0.2, -0.15) is 13.2 Å². The van der Waals surface area contributed by atoms with Gasteiger partial charge in [0.2, 0.25) is 5.95 Å². The predicted octanol–water partition coefficient (Wildman–Crippen LogP) is 6.00. The van der Waals surface area contributed by atoms with Gasteiger partial charge < -0.3 is 10.3 Å². The van der Waals surface area contributed by atoms with E-state index in [4.69, 9.17) is 23.2 Å². The lowest BCUT2D eigenvalue weighted by Gasteiger charge is -2.06. The van der Waals surface area contributed by atoms with Crippen molar-refractivity contribution in [1.82, 2.24) is 9.97 Å². The Hall–Kier alpha value is -1.44. The summed E-state index contributed by atoms with van der Waals surface area (Å²) in [6.07, 6.45) is -4.47. The predicted molar refractivity (Wildman–Crippen MR) is 83.5 cm³/mol. The molecule has 2 aromatic heterocycles. The minimum Gasteiger partial charge on any atom is -0.324 e. The van der Waals surface area contributed by atoms with Gasteiger partial charge in [0.1, 0.15) is 9.85 Å². The number of aromatic amines is 1. The lowest BCUT2D eigenvalue weighted by Crippen LogP contribution is -2.04. The first-order valence-corrected chi connectivity index (χ1v) is 7.66. The summed E-state index contributed by atoms with van der Waals surface area (Å²) in [6, 6.07) is 1.83. The number of thiophene rings is 1. The smallest absolute Gasteiger partial charge is 0.324 e. The maximum atomic E-state index is 12.8. The largest absolute Gasteiger partial charge is 0.416 e. The first kappa shape index (κ1) is 15.5. The van der Waals surface area contributed by atoms with Crippen LogP contribution in [0.25, 0.3) is 11.0 Å². The maximum Gasteiger partial charge on any atom is 0.416 e. The highest BCUT2D eigenvalue weighted by Gasteiger charge is 2.31. The maximum absolute atomic E-state index is 12.8. The molecular weight excluding hydrogens is 358 g/mol. The quantitative estimate of drug-likeness (QED) is 0.584. The summed E-state index contributed by atoms with van der Waals surface area (Å²) in [5.74, 6) is 0.277. The summed E-state index contributed by atoms with van der Waals surface area (Å²) < 4.78 is 38.9. The minimum atomic E-state index is -4.47. The molecule has 0 unspecified atom stereocenters. The molecule has 116 valence electrons. The van der Waals surface area contributed by atoms with Gasteiger partial charge in [0, 0.05) is 0 Å². The van der Waals surface area contributed by atoms with Crippen molar-refractivity contribution >= 4 is 57.2 Å². The van der Waals surface area contributed by atoms with Crippen molar-refractivity contribution in [2.45, 2.75) is 13.1 Å². The number of nitrogens with one attached hydrogen (secondary N) is 2. The Kier molecular flexibility index (Phi) is 3.74. The lowest BCUT2D eigenvalue weighted by molar-refractivity contribution is -0.137. The van der Waals surface area contributed by atoms with Crippen LogP contribution >= 0.6 is 34.5 Å². The average Bonchev–Trinajstić information content (AvgIpc) is 2.96. The second-order valence-electron chi connectivity index (χ2n) is 4.63. The zero-order valence-electron chi connectivity index (χ0n) is 11.0. The molecule has 0 aliphatic rings. The van der Waals surface area contributed by atoms with Gasteiger partial charge in [0.05, 0.1) is 21.8 Å². The number of alkyl halides is 3. The zero-order valence-corrected chi connectivity index (χ0v) is 13.3. The van der Waals surface area contributed by atoms with Crippen LogP contribution in [0.15, 0.2) is 17.5 Å². The Morgan fingerprint density at radius 3 is 2.59 bits per heavy atom. The number of halogens is 5. The third-order valence-electron chi connectivity index (χ3n) is 3.04. The second kappa shape index (κ2) is 5.33. The Balaban J connectivity index is 2.05. The monoisotopic (exact) mass is 365 g/mol. The van der Waals surface area contributed by atoms with Gasteiger partial charge in [-0.1, -0.05) is 23.2 Å². The number of anilines is 2. The molecule has 0 aliphatic carbocycles. The Bertz CT molecular complexity index is 835. The Labute approximate surface area is 137 Å². The molecular formula is C13H8Cl2F3N3S. The van der Waals surface area contributed by atoms with E-state index >= 15 is 0 Å². The van der Waals surface area contributed by atoms with Crippen molar-refractivity contribution in [3.8, 4) is 0 Å². The molecule has 0 aliphatic heterocycles. The highest BCUT2D eigenvalue weighted by atomic mass is 35.5. The van der Waals surface area contributed by atoms with E-state index in [1.807, 2.05) is 12.3 Å². The van der Waals surface area contributed by atoms with Crippen LogP contribution in [0, 0.1) is 6.92 Å². The van der Waals surface area contributed by atoms with E-state index in [2.05, 4.69) is 15.3 Å². The molecule has 22 heavy (non-hydrogen) atoms. The van der Waals surface area contributed by atoms with Crippen molar-refractivity contribution in [2.75, 3.05) is 5.32 Å². The number of nitrogens with zero attached hydrogens (tertiary/aromatic N) is 1. The molecule has 0 saturated carbocycles. The molecule has 0 radical (unpaired) electrons. The molecule has 2 heterocycles. The van der Waals surface area contributed by atoms with Gasteiger partial charge in [-0.05, 0) is 30.0 Å². The number of rotatable bonds is 2. The number of H-pyrrole nitrogens is 1. The third kappa shape index (κ3) is 2.76. The van der Waals surface area contributed by atoms with Crippen molar-refractivity contribution in [1.29, 1.82) is 0 Å². The number of aryl methyl sites for hydroxylation is 1. The summed E-state index contributed by atoms with van der Waals surface area (Å²) in [5, 5.41) is 4.76. The van der Waals surface area contributed by atoms with Crippen molar-refractivity contribution in [3.63, 3.8) is 0 Å². The van der Waals surface area contributed by atoms with Gasteiger partial charge in [-0.15, -0.1) is 11.3 Å². The summed E-state index contributed by atoms with van der Waals surface area (Å²) in [4.78, 5) is 6.95. The first-order chi connectivity index (χ1) is 10.3. The Morgan fingerprint density at radius 1 is 1.27 bits per heavy atom. The standard InChI is InChI=1S/C13H8Cl2F3N3S/c1-5-4-22-11(15)9(5)20-12-19-8-3-6(13(16,17)18)2-7(14)10(8)21-12/h2-4H,1H3,(H2,19,20,21). The number of fused-ring (bicyclic) bond motifs is 1. The fraction of sp³-hybridized carbons (Fsp3) is 0.154. The fourth-order valence-corrected chi connectivity index (χ4v) is 3.30. The summed E-state index contributed by atoms with van der Waals surface area (Å²) in [6.45, 7) is 1.86. The van der Waals surface area contributed by atoms with Crippen LogP contribution in [0.5, 0.6) is 0 Å². The molecule has 0 bridgehead atoms.